The van der Waals surface area contributed by atoms with Crippen molar-refractivity contribution in [2.75, 3.05) is 0 Å². The summed E-state index contributed by atoms with van der Waals surface area (Å²) in [4.78, 5) is 4.98. The van der Waals surface area contributed by atoms with E-state index in [1.54, 1.807) is 0 Å². The number of aryl methyl sites for hydroxylation is 5. The highest BCUT2D eigenvalue weighted by Gasteiger charge is 2.40. The topological polar surface area (TPSA) is 12.9 Å². The van der Waals surface area contributed by atoms with Crippen LogP contribution in [-0.4, -0.2) is 18.4 Å². The molecule has 2 heterocycles. The fourth-order valence-corrected chi connectivity index (χ4v) is 6.91. The van der Waals surface area contributed by atoms with Gasteiger partial charge in [0.05, 0.1) is 5.69 Å². The van der Waals surface area contributed by atoms with E-state index in [1.807, 2.05) is 0 Å². The molecule has 1 nitrogen and oxygen atoms in total. The lowest BCUT2D eigenvalue weighted by Gasteiger charge is -2.34. The molecule has 0 unspecified atom stereocenters. The van der Waals surface area contributed by atoms with Crippen molar-refractivity contribution in [3.8, 4) is 11.3 Å². The maximum absolute atomic E-state index is 4.98. The van der Waals surface area contributed by atoms with Gasteiger partial charge in [-0.05, 0) is 64.8 Å². The molecule has 0 saturated carbocycles. The first-order chi connectivity index (χ1) is 18.3. The Labute approximate surface area is 228 Å². The fourth-order valence-electron chi connectivity index (χ4n) is 6.91. The molecule has 0 bridgehead atoms. The van der Waals surface area contributed by atoms with E-state index in [4.69, 9.17) is 4.98 Å². The van der Waals surface area contributed by atoms with Crippen LogP contribution in [0.4, 0.5) is 0 Å². The van der Waals surface area contributed by atoms with Crippen LogP contribution in [0.3, 0.4) is 0 Å². The summed E-state index contributed by atoms with van der Waals surface area (Å²) >= 11 is 0. The largest absolute Gasteiger partial charge is 0.256 e. The number of hydrogen-bond donors (Lipinski definition) is 0. The van der Waals surface area contributed by atoms with Crippen LogP contribution in [0, 0.1) is 41.5 Å². The van der Waals surface area contributed by atoms with Crippen molar-refractivity contribution in [1.82, 2.24) is 4.98 Å². The van der Waals surface area contributed by atoms with E-state index in [1.165, 1.54) is 71.7 Å². The Morgan fingerprint density at radius 2 is 0.974 bits per heavy atom. The first kappa shape index (κ1) is 24.5. The number of fused-ring (bicyclic) bond motifs is 2. The van der Waals surface area contributed by atoms with Crippen molar-refractivity contribution in [3.05, 3.63) is 125 Å². The molecule has 0 radical (unpaired) electrons. The second-order valence-corrected chi connectivity index (χ2v) is 11.1. The van der Waals surface area contributed by atoms with Gasteiger partial charge in [0.15, 0.2) is 0 Å². The Morgan fingerprint density at radius 1 is 0.500 bits per heavy atom. The van der Waals surface area contributed by atoms with E-state index in [2.05, 4.69) is 133 Å². The van der Waals surface area contributed by atoms with E-state index in [0.29, 0.717) is 0 Å². The molecule has 0 fully saturated rings. The minimum absolute atomic E-state index is 0.163. The number of aromatic nitrogens is 1. The summed E-state index contributed by atoms with van der Waals surface area (Å²) in [6, 6.07) is 31.7. The van der Waals surface area contributed by atoms with E-state index < -0.39 is 0 Å². The maximum Gasteiger partial charge on any atom is 0.240 e. The van der Waals surface area contributed by atoms with Crippen LogP contribution in [0.2, 0.25) is 0 Å². The number of benzene rings is 4. The van der Waals surface area contributed by atoms with Crippen molar-refractivity contribution in [2.24, 2.45) is 0 Å². The van der Waals surface area contributed by atoms with Gasteiger partial charge in [-0.15, -0.1) is 0 Å². The van der Waals surface area contributed by atoms with Crippen molar-refractivity contribution in [3.63, 3.8) is 0 Å². The van der Waals surface area contributed by atoms with Crippen LogP contribution in [0.25, 0.3) is 11.3 Å². The van der Waals surface area contributed by atoms with Crippen LogP contribution in [0.15, 0.2) is 91.1 Å². The van der Waals surface area contributed by atoms with Gasteiger partial charge >= 0.3 is 0 Å². The van der Waals surface area contributed by atoms with Gasteiger partial charge in [-0.3, -0.25) is 4.98 Å². The smallest absolute Gasteiger partial charge is 0.240 e. The lowest BCUT2D eigenvalue weighted by molar-refractivity contribution is 1.23. The lowest BCUT2D eigenvalue weighted by Crippen LogP contribution is -2.75. The highest BCUT2D eigenvalue weighted by molar-refractivity contribution is 7.11. The van der Waals surface area contributed by atoms with Crippen LogP contribution in [0.5, 0.6) is 0 Å². The summed E-state index contributed by atoms with van der Waals surface area (Å²) < 4.78 is 0. The third-order valence-electron chi connectivity index (χ3n) is 8.42. The van der Waals surface area contributed by atoms with Crippen LogP contribution >= 0.6 is 0 Å². The predicted molar refractivity (Wildman–Crippen MR) is 167 cm³/mol. The van der Waals surface area contributed by atoms with E-state index >= 15 is 0 Å². The van der Waals surface area contributed by atoms with E-state index in [-0.39, 0.29) is 13.4 Å². The van der Waals surface area contributed by atoms with Gasteiger partial charge in [0.25, 0.3) is 0 Å². The predicted octanol–water partition coefficient (Wildman–Crippen LogP) is 3.94. The molecule has 1 aliphatic heterocycles. The minimum atomic E-state index is 0.163. The minimum Gasteiger partial charge on any atom is -0.256 e. The molecule has 1 aliphatic rings. The first-order valence-corrected chi connectivity index (χ1v) is 13.6. The normalized spacial score (nSPS) is 12.4. The van der Waals surface area contributed by atoms with Gasteiger partial charge in [0.1, 0.15) is 0 Å². The Bertz CT molecular complexity index is 1610. The monoisotopic (exact) mass is 489 g/mol. The average Bonchev–Trinajstić information content (AvgIpc) is 2.89. The van der Waals surface area contributed by atoms with Crippen LogP contribution < -0.4 is 32.8 Å². The standard InChI is InChI=1S/C35H33B2N/c1-22-18-23(2)20-28(19-22)35-27(6)34(26(5)21-38-35)37-31-16-9-7-14-29(31)36(30-15-8-10-17-32(30)37)33-24(3)12-11-13-25(33)4/h7-21H,1-6H3. The maximum atomic E-state index is 4.98. The van der Waals surface area contributed by atoms with E-state index in [9.17, 15) is 0 Å². The highest BCUT2D eigenvalue weighted by Crippen LogP contribution is 2.24. The zero-order valence-corrected chi connectivity index (χ0v) is 23.3. The molecule has 38 heavy (non-hydrogen) atoms. The van der Waals surface area contributed by atoms with Gasteiger partial charge in [-0.1, -0.05) is 128 Å². The highest BCUT2D eigenvalue weighted by atomic mass is 14.7. The van der Waals surface area contributed by atoms with Crippen molar-refractivity contribution >= 4 is 46.2 Å². The van der Waals surface area contributed by atoms with Gasteiger partial charge in [-0.2, -0.15) is 0 Å². The average molecular weight is 489 g/mol. The molecule has 184 valence electrons. The van der Waals surface area contributed by atoms with Gasteiger partial charge < -0.3 is 0 Å². The molecule has 0 aliphatic carbocycles. The molecular formula is C35H33B2N. The second kappa shape index (κ2) is 9.48. The summed E-state index contributed by atoms with van der Waals surface area (Å²) in [7, 11) is 0. The SMILES string of the molecule is Cc1cc(C)cc(-c2ncc(C)c(B3c4ccccc4B(c4c(C)cccc4C)c4ccccc43)c2C)c1. The quantitative estimate of drug-likeness (QED) is 0.344. The third kappa shape index (κ3) is 3.93. The molecule has 3 heteroatoms. The Kier molecular flexibility index (Phi) is 6.11. The first-order valence-electron chi connectivity index (χ1n) is 13.6. The molecule has 1 aromatic heterocycles. The molecule has 0 spiro atoms. The molecule has 0 amide bonds. The second-order valence-electron chi connectivity index (χ2n) is 11.1. The number of pyridine rings is 1. The molecule has 6 rings (SSSR count). The van der Waals surface area contributed by atoms with Crippen LogP contribution in [-0.2, 0) is 0 Å². The number of hydrogen-bond acceptors (Lipinski definition) is 1. The molecule has 5 aromatic rings. The van der Waals surface area contributed by atoms with Gasteiger partial charge in [0.2, 0.25) is 13.4 Å². The Hall–Kier alpha value is -3.84. The van der Waals surface area contributed by atoms with Crippen molar-refractivity contribution in [2.45, 2.75) is 41.5 Å². The zero-order valence-electron chi connectivity index (χ0n) is 23.3. The zero-order chi connectivity index (χ0) is 26.6. The summed E-state index contributed by atoms with van der Waals surface area (Å²) in [5.74, 6) is 0. The fraction of sp³-hybridized carbons (Fsp3) is 0.171. The molecule has 0 saturated heterocycles. The van der Waals surface area contributed by atoms with Crippen LogP contribution in [0.1, 0.15) is 33.4 Å². The Morgan fingerprint density at radius 3 is 1.47 bits per heavy atom. The van der Waals surface area contributed by atoms with Gasteiger partial charge in [0, 0.05) is 11.8 Å². The van der Waals surface area contributed by atoms with Crippen molar-refractivity contribution < 1.29 is 0 Å². The third-order valence-corrected chi connectivity index (χ3v) is 8.42. The van der Waals surface area contributed by atoms with E-state index in [0.717, 1.165) is 5.69 Å². The van der Waals surface area contributed by atoms with Crippen molar-refractivity contribution in [1.29, 1.82) is 0 Å². The Balaban J connectivity index is 1.64. The summed E-state index contributed by atoms with van der Waals surface area (Å²) in [6.07, 6.45) is 2.08. The number of nitrogens with zero attached hydrogens (tertiary/aromatic N) is 1. The summed E-state index contributed by atoms with van der Waals surface area (Å²) in [5, 5.41) is 0. The number of rotatable bonds is 3. The summed E-state index contributed by atoms with van der Waals surface area (Å²) in [5.41, 5.74) is 18.5. The molecule has 0 N–H and O–H groups in total. The molecule has 4 aromatic carbocycles. The van der Waals surface area contributed by atoms with Gasteiger partial charge in [-0.25, -0.2) is 0 Å². The molecule has 0 atom stereocenters. The molecular weight excluding hydrogens is 456 g/mol. The lowest BCUT2D eigenvalue weighted by atomic mass is 9.20. The summed E-state index contributed by atoms with van der Waals surface area (Å²) in [6.45, 7) is 13.7.